The van der Waals surface area contributed by atoms with Crippen LogP contribution in [0, 0.1) is 0 Å². The Bertz CT molecular complexity index is 1710. The van der Waals surface area contributed by atoms with Crippen LogP contribution in [0.3, 0.4) is 0 Å². The molecule has 1 unspecified atom stereocenters. The van der Waals surface area contributed by atoms with Crippen LogP contribution in [0.25, 0.3) is 10.9 Å². The Labute approximate surface area is 251 Å². The summed E-state index contributed by atoms with van der Waals surface area (Å²) in [6.45, 7) is -1.25. The number of alkyl halides is 4. The van der Waals surface area contributed by atoms with Gasteiger partial charge in [0.1, 0.15) is 6.67 Å². The molecule has 1 saturated carbocycles. The van der Waals surface area contributed by atoms with Gasteiger partial charge in [0.05, 0.1) is 30.4 Å². The van der Waals surface area contributed by atoms with Gasteiger partial charge >= 0.3 is 6.18 Å². The molecule has 0 aliphatic heterocycles. The number of fused-ring (bicyclic) bond motifs is 1. The van der Waals surface area contributed by atoms with Crippen LogP contribution in [0.15, 0.2) is 66.7 Å². The number of carbonyl (C=O) groups is 1. The molecular weight excluding hydrogens is 610 g/mol. The predicted octanol–water partition coefficient (Wildman–Crippen LogP) is 5.83. The van der Waals surface area contributed by atoms with E-state index < -0.39 is 47.9 Å². The van der Waals surface area contributed by atoms with Gasteiger partial charge in [0.15, 0.2) is 0 Å². The fourth-order valence-corrected chi connectivity index (χ4v) is 6.21. The zero-order valence-corrected chi connectivity index (χ0v) is 24.3. The van der Waals surface area contributed by atoms with Gasteiger partial charge in [0, 0.05) is 39.6 Å². The Balaban J connectivity index is 1.39. The van der Waals surface area contributed by atoms with E-state index in [1.807, 2.05) is 0 Å². The third-order valence-corrected chi connectivity index (χ3v) is 8.57. The Morgan fingerprint density at radius 1 is 1.07 bits per heavy atom. The monoisotopic (exact) mass is 637 g/mol. The van der Waals surface area contributed by atoms with Crippen molar-refractivity contribution < 1.29 is 35.9 Å². The maximum Gasteiger partial charge on any atom is 0.416 e. The van der Waals surface area contributed by atoms with Gasteiger partial charge in [-0.15, -0.1) is 0 Å². The number of nitrogens with zero attached hydrogens (tertiary/aromatic N) is 2. The van der Waals surface area contributed by atoms with Crippen molar-refractivity contribution >= 4 is 45.0 Å². The van der Waals surface area contributed by atoms with E-state index in [-0.39, 0.29) is 35.2 Å². The Hall–Kier alpha value is -3.61. The molecule has 0 bridgehead atoms. The van der Waals surface area contributed by atoms with Gasteiger partial charge in [-0.25, -0.2) is 12.8 Å². The molecule has 1 atom stereocenters. The fourth-order valence-electron chi connectivity index (χ4n) is 5.22. The number of nitrogens with one attached hydrogen (secondary N) is 1. The molecule has 3 aromatic carbocycles. The molecule has 228 valence electrons. The zero-order chi connectivity index (χ0) is 30.9. The summed E-state index contributed by atoms with van der Waals surface area (Å²) in [5.41, 5.74) is 1.41. The molecule has 0 saturated heterocycles. The number of aliphatic hydroxyl groups excluding tert-OH is 1. The number of aromatic nitrogens is 1. The average molecular weight is 638 g/mol. The second-order valence-corrected chi connectivity index (χ2v) is 11.7. The normalized spacial score (nSPS) is 14.3. The van der Waals surface area contributed by atoms with Crippen molar-refractivity contribution in [3.05, 3.63) is 99.7 Å². The highest BCUT2D eigenvalue weighted by atomic mass is 35.5. The third kappa shape index (κ3) is 6.81. The van der Waals surface area contributed by atoms with Gasteiger partial charge in [-0.2, -0.15) is 13.2 Å². The molecule has 1 heterocycles. The van der Waals surface area contributed by atoms with Gasteiger partial charge in [0.25, 0.3) is 5.91 Å². The first-order chi connectivity index (χ1) is 20.5. The molecule has 7 nitrogen and oxygen atoms in total. The smallest absolute Gasteiger partial charge is 0.394 e. The summed E-state index contributed by atoms with van der Waals surface area (Å²) in [6, 6.07) is 15.6. The van der Waals surface area contributed by atoms with E-state index in [2.05, 4.69) is 5.32 Å². The summed E-state index contributed by atoms with van der Waals surface area (Å²) in [7, 11) is -2.79. The van der Waals surface area contributed by atoms with Crippen molar-refractivity contribution in [2.45, 2.75) is 44.1 Å². The zero-order valence-electron chi connectivity index (χ0n) is 22.7. The molecule has 1 aromatic heterocycles. The Morgan fingerprint density at radius 2 is 1.79 bits per heavy atom. The number of aliphatic hydroxyl groups is 1. The molecule has 1 amide bonds. The summed E-state index contributed by atoms with van der Waals surface area (Å²) in [4.78, 5) is 13.2. The van der Waals surface area contributed by atoms with Crippen molar-refractivity contribution in [3.8, 4) is 0 Å². The number of hydrogen-bond donors (Lipinski definition) is 3. The van der Waals surface area contributed by atoms with E-state index >= 15 is 0 Å². The number of hydrogen-bond acceptors (Lipinski definition) is 4. The van der Waals surface area contributed by atoms with Crippen molar-refractivity contribution in [2.24, 2.45) is 0 Å². The lowest BCUT2D eigenvalue weighted by Gasteiger charge is -2.20. The minimum atomic E-state index is -4.63. The van der Waals surface area contributed by atoms with Gasteiger partial charge in [0.2, 0.25) is 10.9 Å². The molecule has 0 spiro atoms. The van der Waals surface area contributed by atoms with E-state index in [4.69, 9.17) is 11.6 Å². The highest BCUT2D eigenvalue weighted by Gasteiger charge is 2.34. The van der Waals surface area contributed by atoms with Crippen molar-refractivity contribution in [1.29, 1.82) is 0 Å². The number of rotatable bonds is 11. The number of aryl methyl sites for hydroxylation is 1. The minimum absolute atomic E-state index is 0.0167. The molecule has 1 aliphatic rings. The second kappa shape index (κ2) is 12.6. The summed E-state index contributed by atoms with van der Waals surface area (Å²) in [6.07, 6.45) is -3.18. The number of amides is 1. The van der Waals surface area contributed by atoms with E-state index in [0.29, 0.717) is 27.8 Å². The van der Waals surface area contributed by atoms with Crippen LogP contribution in [0.1, 0.15) is 51.6 Å². The van der Waals surface area contributed by atoms with Crippen LogP contribution < -0.4 is 9.62 Å². The maximum absolute atomic E-state index is 13.7. The van der Waals surface area contributed by atoms with Gasteiger partial charge in [-0.1, -0.05) is 29.8 Å². The number of carbonyl (C=O) groups excluding carboxylic acids is 1. The van der Waals surface area contributed by atoms with Crippen LogP contribution in [0.2, 0.25) is 5.02 Å². The number of benzene rings is 3. The molecule has 2 N–H and O–H groups in total. The van der Waals surface area contributed by atoms with Gasteiger partial charge < -0.3 is 15.0 Å². The van der Waals surface area contributed by atoms with E-state index in [1.165, 1.54) is 22.5 Å². The number of thiol groups is 1. The first kappa shape index (κ1) is 30.8. The first-order valence-corrected chi connectivity index (χ1v) is 15.0. The lowest BCUT2D eigenvalue weighted by Crippen LogP contribution is -2.31. The number of halogens is 5. The maximum atomic E-state index is 13.7. The van der Waals surface area contributed by atoms with Crippen LogP contribution in [-0.2, 0) is 30.0 Å². The van der Waals surface area contributed by atoms with E-state index in [9.17, 15) is 35.9 Å². The third-order valence-electron chi connectivity index (χ3n) is 7.42. The molecule has 43 heavy (non-hydrogen) atoms. The van der Waals surface area contributed by atoms with E-state index in [1.54, 1.807) is 47.0 Å². The molecule has 13 heteroatoms. The lowest BCUT2D eigenvalue weighted by atomic mass is 10.0. The second-order valence-electron chi connectivity index (χ2n) is 10.3. The molecular formula is C30H28ClF4N3O4S. The molecule has 1 aliphatic carbocycles. The Kier molecular flexibility index (Phi) is 9.00. The summed E-state index contributed by atoms with van der Waals surface area (Å²) < 4.78 is 80.8. The molecule has 4 aromatic rings. The van der Waals surface area contributed by atoms with Crippen LogP contribution in [-0.4, -0.2) is 43.3 Å². The van der Waals surface area contributed by atoms with E-state index in [0.717, 1.165) is 18.9 Å². The topological polar surface area (TPSA) is 91.6 Å². The number of anilines is 1. The first-order valence-electron chi connectivity index (χ1n) is 13.5. The van der Waals surface area contributed by atoms with Crippen LogP contribution in [0.4, 0.5) is 23.2 Å². The van der Waals surface area contributed by atoms with Crippen molar-refractivity contribution in [3.63, 3.8) is 0 Å². The fraction of sp³-hybridized carbons (Fsp3) is 0.300. The minimum Gasteiger partial charge on any atom is -0.394 e. The lowest BCUT2D eigenvalue weighted by molar-refractivity contribution is -0.138. The largest absolute Gasteiger partial charge is 0.416 e. The van der Waals surface area contributed by atoms with Crippen LogP contribution >= 0.6 is 11.6 Å². The summed E-state index contributed by atoms with van der Waals surface area (Å²) >= 11 is 5.82. The Morgan fingerprint density at radius 3 is 2.40 bits per heavy atom. The molecule has 1 fully saturated rings. The standard InChI is InChI=1S/C30H28ClF4N3O4S/c31-22-5-1-19(26(16-22)30(33,34)35)14-25-15-21-13-20(4-10-28(21)37(25)12-11-32)29(40)36-27(17-39)18-2-6-23(7-3-18)38(43(41)42)24-8-9-24/h1-7,10,13,15-16,24,27,39,43H,8-9,11-12,14,17H2,(H,36,40). The summed E-state index contributed by atoms with van der Waals surface area (Å²) in [5, 5.41) is 13.2. The predicted molar refractivity (Wildman–Crippen MR) is 157 cm³/mol. The molecule has 5 rings (SSSR count). The van der Waals surface area contributed by atoms with Crippen molar-refractivity contribution in [2.75, 3.05) is 17.6 Å². The summed E-state index contributed by atoms with van der Waals surface area (Å²) in [5.74, 6) is -0.510. The highest BCUT2D eigenvalue weighted by molar-refractivity contribution is 7.74. The highest BCUT2D eigenvalue weighted by Crippen LogP contribution is 2.36. The quantitative estimate of drug-likeness (QED) is 0.143. The average Bonchev–Trinajstić information content (AvgIpc) is 3.74. The van der Waals surface area contributed by atoms with Gasteiger partial charge in [-0.3, -0.25) is 9.10 Å². The SMILES string of the molecule is O=C(NC(CO)c1ccc(N(C2CC2)[SH](=O)=O)cc1)c1ccc2c(c1)cc(Cc1ccc(Cl)cc1C(F)(F)F)n2CCF. The van der Waals surface area contributed by atoms with Crippen LogP contribution in [0.5, 0.6) is 0 Å². The van der Waals surface area contributed by atoms with Crippen molar-refractivity contribution in [1.82, 2.24) is 9.88 Å². The molecule has 0 radical (unpaired) electrons. The van der Waals surface area contributed by atoms with Gasteiger partial charge in [-0.05, 0) is 72.5 Å².